The van der Waals surface area contributed by atoms with Crippen LogP contribution >= 0.6 is 0 Å². The molecular weight excluding hydrogens is 665 g/mol. The van der Waals surface area contributed by atoms with Gasteiger partial charge in [0.05, 0.1) is 5.71 Å². The van der Waals surface area contributed by atoms with E-state index in [0.29, 0.717) is 0 Å². The summed E-state index contributed by atoms with van der Waals surface area (Å²) in [6.07, 6.45) is 4.22. The van der Waals surface area contributed by atoms with Crippen LogP contribution in [0.15, 0.2) is 187 Å². The minimum atomic E-state index is -0.132. The zero-order chi connectivity index (χ0) is 37.1. The van der Waals surface area contributed by atoms with Crippen molar-refractivity contribution in [3.8, 4) is 22.3 Å². The second kappa shape index (κ2) is 12.9. The summed E-state index contributed by atoms with van der Waals surface area (Å²) in [5.41, 5.74) is 11.1. The summed E-state index contributed by atoms with van der Waals surface area (Å²) >= 11 is 0. The van der Waals surface area contributed by atoms with Gasteiger partial charge >= 0.3 is 0 Å². The molecule has 2 nitrogen and oxygen atoms in total. The largest absolute Gasteiger partial charge is 0.282 e. The van der Waals surface area contributed by atoms with Gasteiger partial charge in [-0.3, -0.25) is 5.41 Å². The smallest absolute Gasteiger partial charge is 0.152 e. The zero-order valence-corrected chi connectivity index (χ0v) is 30.8. The summed E-state index contributed by atoms with van der Waals surface area (Å²) in [5, 5.41) is 19.0. The Morgan fingerprint density at radius 3 is 2.07 bits per heavy atom. The number of benzene rings is 9. The first-order chi connectivity index (χ1) is 26.9. The van der Waals surface area contributed by atoms with Crippen LogP contribution in [0.1, 0.15) is 41.7 Å². The summed E-state index contributed by atoms with van der Waals surface area (Å²) in [6, 6.07) is 62.8. The molecule has 260 valence electrons. The van der Waals surface area contributed by atoms with Gasteiger partial charge in [-0.1, -0.05) is 178 Å². The van der Waals surface area contributed by atoms with E-state index in [1.807, 2.05) is 30.3 Å². The van der Waals surface area contributed by atoms with E-state index in [-0.39, 0.29) is 11.3 Å². The van der Waals surface area contributed by atoms with Crippen molar-refractivity contribution >= 4 is 60.7 Å². The number of nitrogens with zero attached hydrogens (tertiary/aromatic N) is 1. The number of aliphatic imine (C=N–C) groups is 1. The van der Waals surface area contributed by atoms with Crippen molar-refractivity contribution in [2.45, 2.75) is 19.3 Å². The maximum absolute atomic E-state index is 9.03. The highest BCUT2D eigenvalue weighted by Gasteiger charge is 2.36. The fraction of sp³-hybridized carbons (Fsp3) is 0.0566. The number of allylic oxidation sites excluding steroid dienone is 1. The van der Waals surface area contributed by atoms with E-state index in [1.165, 1.54) is 76.5 Å². The van der Waals surface area contributed by atoms with E-state index in [4.69, 9.17) is 10.4 Å². The maximum atomic E-state index is 9.03. The molecule has 0 spiro atoms. The number of amidine groups is 1. The summed E-state index contributed by atoms with van der Waals surface area (Å²) in [7, 11) is 0. The highest BCUT2D eigenvalue weighted by atomic mass is 14.8. The molecule has 9 aromatic rings. The van der Waals surface area contributed by atoms with Crippen LogP contribution in [0, 0.1) is 5.41 Å². The molecule has 10 rings (SSSR count). The van der Waals surface area contributed by atoms with E-state index in [1.54, 1.807) is 0 Å². The molecule has 0 saturated heterocycles. The molecule has 1 aliphatic carbocycles. The molecule has 0 amide bonds. The van der Waals surface area contributed by atoms with Crippen molar-refractivity contribution in [3.05, 3.63) is 210 Å². The van der Waals surface area contributed by atoms with Crippen molar-refractivity contribution in [1.29, 1.82) is 5.41 Å². The lowest BCUT2D eigenvalue weighted by molar-refractivity contribution is 0.660. The number of rotatable bonds is 5. The van der Waals surface area contributed by atoms with Gasteiger partial charge in [0.1, 0.15) is 0 Å². The Bertz CT molecular complexity index is 3070. The lowest BCUT2D eigenvalue weighted by Crippen LogP contribution is -2.15. The zero-order valence-electron chi connectivity index (χ0n) is 30.8. The van der Waals surface area contributed by atoms with E-state index in [0.717, 1.165) is 22.4 Å². The van der Waals surface area contributed by atoms with Crippen molar-refractivity contribution in [2.24, 2.45) is 4.99 Å². The van der Waals surface area contributed by atoms with Crippen LogP contribution in [-0.2, 0) is 5.41 Å². The predicted octanol–water partition coefficient (Wildman–Crippen LogP) is 13.8. The third-order valence-electron chi connectivity index (χ3n) is 11.5. The Hall–Kier alpha value is -6.90. The van der Waals surface area contributed by atoms with E-state index >= 15 is 0 Å². The Morgan fingerprint density at radius 2 is 1.20 bits per heavy atom. The first kappa shape index (κ1) is 32.7. The van der Waals surface area contributed by atoms with Gasteiger partial charge in [-0.05, 0) is 106 Å². The van der Waals surface area contributed by atoms with Crippen molar-refractivity contribution < 1.29 is 0 Å². The molecule has 0 fully saturated rings. The molecule has 0 heterocycles. The molecule has 0 radical (unpaired) electrons. The van der Waals surface area contributed by atoms with Crippen LogP contribution in [0.25, 0.3) is 71.4 Å². The Morgan fingerprint density at radius 1 is 0.509 bits per heavy atom. The van der Waals surface area contributed by atoms with E-state index in [9.17, 15) is 0 Å². The number of fused-ring (bicyclic) bond motifs is 8. The molecular formula is C53H38N2. The molecule has 55 heavy (non-hydrogen) atoms. The van der Waals surface area contributed by atoms with E-state index in [2.05, 4.69) is 172 Å². The second-order valence-corrected chi connectivity index (χ2v) is 15.1. The fourth-order valence-corrected chi connectivity index (χ4v) is 8.77. The first-order valence-electron chi connectivity index (χ1n) is 19.0. The number of hydrogen-bond donors (Lipinski definition) is 1. The summed E-state index contributed by atoms with van der Waals surface area (Å²) < 4.78 is 0. The van der Waals surface area contributed by atoms with Crippen LogP contribution in [0.3, 0.4) is 0 Å². The maximum Gasteiger partial charge on any atom is 0.152 e. The molecule has 1 N–H and O–H groups in total. The molecule has 0 atom stereocenters. The fourth-order valence-electron chi connectivity index (χ4n) is 8.77. The lowest BCUT2D eigenvalue weighted by Gasteiger charge is -2.21. The Balaban J connectivity index is 1.07. The lowest BCUT2D eigenvalue weighted by atomic mass is 9.82. The highest BCUT2D eigenvalue weighted by molar-refractivity contribution is 6.22. The van der Waals surface area contributed by atoms with Gasteiger partial charge in [0, 0.05) is 16.5 Å². The average Bonchev–Trinajstić information content (AvgIpc) is 3.47. The Kier molecular flexibility index (Phi) is 7.67. The van der Waals surface area contributed by atoms with Gasteiger partial charge in [0.25, 0.3) is 0 Å². The van der Waals surface area contributed by atoms with Gasteiger partial charge in [-0.15, -0.1) is 0 Å². The number of hydrogen-bond acceptors (Lipinski definition) is 1. The molecule has 0 aliphatic heterocycles. The number of nitrogens with one attached hydrogen (secondary N) is 1. The molecule has 0 unspecified atom stereocenters. The molecule has 0 saturated carbocycles. The van der Waals surface area contributed by atoms with Crippen molar-refractivity contribution in [1.82, 2.24) is 0 Å². The standard InChI is InChI=1S/C53H38N2/c1-53(2)47-21-11-10-19-44(47)51-45(20-12-22-48(51)53)49(55-52(54)36-14-4-3-5-15-36)30-24-34-23-25-38-32-40(27-26-37(38)31-34)50-42-18-9-7-16-39(42)33-46-41-17-8-6-13-35(41)28-29-43(46)50/h3-33,54H,1-2H3/b30-24+,54-52?,55-49?. The summed E-state index contributed by atoms with van der Waals surface area (Å²) in [6.45, 7) is 4.59. The van der Waals surface area contributed by atoms with Crippen LogP contribution < -0.4 is 0 Å². The van der Waals surface area contributed by atoms with Gasteiger partial charge < -0.3 is 0 Å². The van der Waals surface area contributed by atoms with Crippen LogP contribution in [0.2, 0.25) is 0 Å². The molecule has 2 heteroatoms. The Labute approximate surface area is 321 Å². The first-order valence-corrected chi connectivity index (χ1v) is 19.0. The molecule has 9 aromatic carbocycles. The molecule has 0 aromatic heterocycles. The van der Waals surface area contributed by atoms with Crippen molar-refractivity contribution in [2.75, 3.05) is 0 Å². The SMILES string of the molecule is CC1(C)c2ccccc2-c2c(C(/C=C/c3ccc4cc(-c5c6ccccc6cc6c5ccc5ccccc56)ccc4c3)=NC(=N)c3ccccc3)cccc21. The van der Waals surface area contributed by atoms with Gasteiger partial charge in [-0.2, -0.15) is 0 Å². The molecule has 0 bridgehead atoms. The van der Waals surface area contributed by atoms with Crippen LogP contribution in [-0.4, -0.2) is 11.5 Å². The quantitative estimate of drug-likeness (QED) is 0.0802. The second-order valence-electron chi connectivity index (χ2n) is 15.1. The third-order valence-corrected chi connectivity index (χ3v) is 11.5. The van der Waals surface area contributed by atoms with E-state index < -0.39 is 0 Å². The highest BCUT2D eigenvalue weighted by Crippen LogP contribution is 2.50. The topological polar surface area (TPSA) is 36.2 Å². The van der Waals surface area contributed by atoms with Crippen LogP contribution in [0.5, 0.6) is 0 Å². The molecule has 1 aliphatic rings. The summed E-state index contributed by atoms with van der Waals surface area (Å²) in [4.78, 5) is 5.02. The minimum Gasteiger partial charge on any atom is -0.282 e. The third kappa shape index (κ3) is 5.49. The average molecular weight is 703 g/mol. The monoisotopic (exact) mass is 702 g/mol. The minimum absolute atomic E-state index is 0.132. The van der Waals surface area contributed by atoms with Gasteiger partial charge in [0.15, 0.2) is 5.84 Å². The predicted molar refractivity (Wildman–Crippen MR) is 235 cm³/mol. The van der Waals surface area contributed by atoms with Crippen LogP contribution in [0.4, 0.5) is 0 Å². The van der Waals surface area contributed by atoms with Gasteiger partial charge in [0.2, 0.25) is 0 Å². The van der Waals surface area contributed by atoms with Gasteiger partial charge in [-0.25, -0.2) is 4.99 Å². The summed E-state index contributed by atoms with van der Waals surface area (Å²) in [5.74, 6) is 0.239. The van der Waals surface area contributed by atoms with Crippen molar-refractivity contribution in [3.63, 3.8) is 0 Å². The normalized spacial score (nSPS) is 13.5.